The lowest BCUT2D eigenvalue weighted by Gasteiger charge is -2.30. The highest BCUT2D eigenvalue weighted by Gasteiger charge is 2.22. The number of likely N-dealkylation sites (N-methyl/N-ethyl adjacent to an activating group) is 1. The van der Waals surface area contributed by atoms with Crippen molar-refractivity contribution in [1.29, 1.82) is 0 Å². The standard InChI is InChI=1S/C17H23ClN4O/c1-12(15-5-7-16(18)8-6-15)13(2)22(4)17(23)19-9-14-10-20-21(3)11-14/h5-8,10-13H,9H2,1-4H3,(H,19,23)/t12-,13+/m0/s1. The van der Waals surface area contributed by atoms with Crippen molar-refractivity contribution in [1.82, 2.24) is 20.0 Å². The van der Waals surface area contributed by atoms with Gasteiger partial charge in [0, 0.05) is 49.4 Å². The molecule has 0 saturated heterocycles. The molecular weight excluding hydrogens is 312 g/mol. The lowest BCUT2D eigenvalue weighted by molar-refractivity contribution is 0.187. The second kappa shape index (κ2) is 7.51. The Bertz CT molecular complexity index is 653. The molecule has 124 valence electrons. The van der Waals surface area contributed by atoms with E-state index in [9.17, 15) is 4.79 Å². The molecule has 0 saturated carbocycles. The number of nitrogens with one attached hydrogen (secondary N) is 1. The third-order valence-corrected chi connectivity index (χ3v) is 4.50. The van der Waals surface area contributed by atoms with E-state index < -0.39 is 0 Å². The molecule has 0 aliphatic carbocycles. The fourth-order valence-corrected chi connectivity index (χ4v) is 2.56. The average Bonchev–Trinajstić information content (AvgIpc) is 2.96. The van der Waals surface area contributed by atoms with Gasteiger partial charge in [0.15, 0.2) is 0 Å². The van der Waals surface area contributed by atoms with Gasteiger partial charge in [0.2, 0.25) is 0 Å². The number of carbonyl (C=O) groups is 1. The van der Waals surface area contributed by atoms with Gasteiger partial charge < -0.3 is 10.2 Å². The van der Waals surface area contributed by atoms with E-state index in [1.54, 1.807) is 15.8 Å². The number of aryl methyl sites for hydroxylation is 1. The molecule has 23 heavy (non-hydrogen) atoms. The van der Waals surface area contributed by atoms with Crippen LogP contribution in [0.2, 0.25) is 5.02 Å². The van der Waals surface area contributed by atoms with Crippen LogP contribution < -0.4 is 5.32 Å². The molecule has 0 spiro atoms. The molecule has 0 unspecified atom stereocenters. The number of nitrogens with zero attached hydrogens (tertiary/aromatic N) is 3. The summed E-state index contributed by atoms with van der Waals surface area (Å²) in [7, 11) is 3.67. The third kappa shape index (κ3) is 4.48. The van der Waals surface area contributed by atoms with Gasteiger partial charge in [-0.1, -0.05) is 30.7 Å². The van der Waals surface area contributed by atoms with Crippen molar-refractivity contribution in [3.05, 3.63) is 52.8 Å². The predicted octanol–water partition coefficient (Wildman–Crippen LogP) is 3.41. The van der Waals surface area contributed by atoms with Gasteiger partial charge in [0.25, 0.3) is 0 Å². The molecule has 1 aromatic carbocycles. The van der Waals surface area contributed by atoms with Crippen molar-refractivity contribution in [2.75, 3.05) is 7.05 Å². The van der Waals surface area contributed by atoms with E-state index >= 15 is 0 Å². The second-order valence-corrected chi connectivity index (χ2v) is 6.31. The molecule has 2 aromatic rings. The average molecular weight is 335 g/mol. The van der Waals surface area contributed by atoms with E-state index in [2.05, 4.69) is 17.3 Å². The molecule has 0 aliphatic rings. The summed E-state index contributed by atoms with van der Waals surface area (Å²) in [5, 5.41) is 7.73. The lowest BCUT2D eigenvalue weighted by Crippen LogP contribution is -2.44. The van der Waals surface area contributed by atoms with Gasteiger partial charge in [-0.15, -0.1) is 0 Å². The van der Waals surface area contributed by atoms with E-state index in [1.807, 2.05) is 51.5 Å². The van der Waals surface area contributed by atoms with Crippen LogP contribution in [0.4, 0.5) is 4.79 Å². The van der Waals surface area contributed by atoms with Crippen molar-refractivity contribution in [2.45, 2.75) is 32.4 Å². The number of hydrogen-bond donors (Lipinski definition) is 1. The highest BCUT2D eigenvalue weighted by molar-refractivity contribution is 6.30. The smallest absolute Gasteiger partial charge is 0.317 e. The molecule has 2 atom stereocenters. The van der Waals surface area contributed by atoms with E-state index in [4.69, 9.17) is 11.6 Å². The van der Waals surface area contributed by atoms with E-state index in [0.29, 0.717) is 6.54 Å². The minimum absolute atomic E-state index is 0.0603. The summed E-state index contributed by atoms with van der Waals surface area (Å²) in [5.74, 6) is 0.210. The Morgan fingerprint density at radius 2 is 2.00 bits per heavy atom. The zero-order valence-electron chi connectivity index (χ0n) is 14.0. The summed E-state index contributed by atoms with van der Waals surface area (Å²) >= 11 is 5.93. The SMILES string of the molecule is C[C@H](c1ccc(Cl)cc1)[C@@H](C)N(C)C(=O)NCc1cnn(C)c1. The summed E-state index contributed by atoms with van der Waals surface area (Å²) in [4.78, 5) is 14.1. The van der Waals surface area contributed by atoms with Crippen LogP contribution in [0, 0.1) is 0 Å². The molecule has 1 N–H and O–H groups in total. The minimum atomic E-state index is -0.0952. The first kappa shape index (κ1) is 17.3. The Labute approximate surface area is 142 Å². The Morgan fingerprint density at radius 1 is 1.35 bits per heavy atom. The molecule has 5 nitrogen and oxygen atoms in total. The molecule has 2 amide bonds. The van der Waals surface area contributed by atoms with Crippen LogP contribution in [0.1, 0.15) is 30.9 Å². The third-order valence-electron chi connectivity index (χ3n) is 4.25. The topological polar surface area (TPSA) is 50.2 Å². The van der Waals surface area contributed by atoms with Crippen molar-refractivity contribution in [3.63, 3.8) is 0 Å². The Morgan fingerprint density at radius 3 is 2.57 bits per heavy atom. The summed E-state index contributed by atoms with van der Waals surface area (Å²) in [5.41, 5.74) is 2.14. The number of amides is 2. The first-order valence-electron chi connectivity index (χ1n) is 7.62. The summed E-state index contributed by atoms with van der Waals surface area (Å²) in [6.45, 7) is 4.63. The van der Waals surface area contributed by atoms with Crippen LogP contribution in [-0.4, -0.2) is 33.8 Å². The first-order valence-corrected chi connectivity index (χ1v) is 8.00. The van der Waals surface area contributed by atoms with Gasteiger partial charge >= 0.3 is 6.03 Å². The summed E-state index contributed by atoms with van der Waals surface area (Å²) < 4.78 is 1.72. The quantitative estimate of drug-likeness (QED) is 0.911. The van der Waals surface area contributed by atoms with Gasteiger partial charge in [0.05, 0.1) is 6.20 Å². The van der Waals surface area contributed by atoms with Crippen LogP contribution in [0.3, 0.4) is 0 Å². The minimum Gasteiger partial charge on any atom is -0.334 e. The highest BCUT2D eigenvalue weighted by Crippen LogP contribution is 2.23. The second-order valence-electron chi connectivity index (χ2n) is 5.87. The Hall–Kier alpha value is -2.01. The molecule has 1 aromatic heterocycles. The molecule has 0 aliphatic heterocycles. The lowest BCUT2D eigenvalue weighted by atomic mass is 9.94. The van der Waals surface area contributed by atoms with Gasteiger partial charge in [-0.3, -0.25) is 4.68 Å². The van der Waals surface area contributed by atoms with Crippen LogP contribution in [0.5, 0.6) is 0 Å². The normalized spacial score (nSPS) is 13.4. The van der Waals surface area contributed by atoms with Gasteiger partial charge in [-0.2, -0.15) is 5.10 Å². The first-order chi connectivity index (χ1) is 10.9. The van der Waals surface area contributed by atoms with Crippen LogP contribution in [0.25, 0.3) is 0 Å². The zero-order chi connectivity index (χ0) is 17.0. The van der Waals surface area contributed by atoms with Gasteiger partial charge in [-0.25, -0.2) is 4.79 Å². The molecule has 0 fully saturated rings. The van der Waals surface area contributed by atoms with Gasteiger partial charge in [0.1, 0.15) is 0 Å². The summed E-state index contributed by atoms with van der Waals surface area (Å²) in [6, 6.07) is 7.73. The maximum atomic E-state index is 12.3. The van der Waals surface area contributed by atoms with E-state index in [-0.39, 0.29) is 18.0 Å². The monoisotopic (exact) mass is 334 g/mol. The fraction of sp³-hybridized carbons (Fsp3) is 0.412. The predicted molar refractivity (Wildman–Crippen MR) is 92.5 cm³/mol. The van der Waals surface area contributed by atoms with E-state index in [1.165, 1.54) is 0 Å². The fourth-order valence-electron chi connectivity index (χ4n) is 2.43. The number of halogens is 1. The Balaban J connectivity index is 1.93. The zero-order valence-corrected chi connectivity index (χ0v) is 14.7. The van der Waals surface area contributed by atoms with Crippen molar-refractivity contribution >= 4 is 17.6 Å². The number of benzene rings is 1. The Kier molecular flexibility index (Phi) is 5.66. The van der Waals surface area contributed by atoms with E-state index in [0.717, 1.165) is 16.1 Å². The molecule has 0 radical (unpaired) electrons. The largest absolute Gasteiger partial charge is 0.334 e. The van der Waals surface area contributed by atoms with Crippen LogP contribution in [-0.2, 0) is 13.6 Å². The molecule has 0 bridgehead atoms. The number of aromatic nitrogens is 2. The van der Waals surface area contributed by atoms with Crippen molar-refractivity contribution < 1.29 is 4.79 Å². The number of rotatable bonds is 5. The molecule has 1 heterocycles. The molecule has 2 rings (SSSR count). The molecular formula is C17H23ClN4O. The number of urea groups is 1. The van der Waals surface area contributed by atoms with Crippen LogP contribution >= 0.6 is 11.6 Å². The van der Waals surface area contributed by atoms with Crippen LogP contribution in [0.15, 0.2) is 36.7 Å². The number of carbonyl (C=O) groups excluding carboxylic acids is 1. The number of hydrogen-bond acceptors (Lipinski definition) is 2. The maximum absolute atomic E-state index is 12.3. The highest BCUT2D eigenvalue weighted by atomic mass is 35.5. The van der Waals surface area contributed by atoms with Crippen molar-refractivity contribution in [3.8, 4) is 0 Å². The maximum Gasteiger partial charge on any atom is 0.317 e. The van der Waals surface area contributed by atoms with Gasteiger partial charge in [-0.05, 0) is 24.6 Å². The summed E-state index contributed by atoms with van der Waals surface area (Å²) in [6.07, 6.45) is 3.64. The van der Waals surface area contributed by atoms with Crippen molar-refractivity contribution in [2.24, 2.45) is 7.05 Å². The molecule has 6 heteroatoms.